The highest BCUT2D eigenvalue weighted by molar-refractivity contribution is 6.33. The van der Waals surface area contributed by atoms with Crippen LogP contribution in [-0.4, -0.2) is 80.4 Å². The second kappa shape index (κ2) is 10.4. The summed E-state index contributed by atoms with van der Waals surface area (Å²) in [5, 5.41) is 1.15. The van der Waals surface area contributed by atoms with E-state index in [1.165, 1.54) is 0 Å². The van der Waals surface area contributed by atoms with E-state index in [0.717, 1.165) is 56.1 Å². The van der Waals surface area contributed by atoms with Crippen molar-refractivity contribution < 1.29 is 14.3 Å². The molecule has 2 fully saturated rings. The van der Waals surface area contributed by atoms with Crippen molar-refractivity contribution in [1.29, 1.82) is 0 Å². The van der Waals surface area contributed by atoms with E-state index in [9.17, 15) is 9.59 Å². The maximum Gasteiger partial charge on any atom is 0.260 e. The van der Waals surface area contributed by atoms with E-state index < -0.39 is 5.41 Å². The van der Waals surface area contributed by atoms with Gasteiger partial charge < -0.3 is 19.3 Å². The Kier molecular flexibility index (Phi) is 6.99. The van der Waals surface area contributed by atoms with Gasteiger partial charge in [-0.15, -0.1) is 0 Å². The molecule has 0 bridgehead atoms. The molecule has 1 aromatic heterocycles. The Morgan fingerprint density at radius 3 is 2.67 bits per heavy atom. The number of halogens is 1. The molecule has 10 heteroatoms. The third-order valence-corrected chi connectivity index (χ3v) is 8.73. The van der Waals surface area contributed by atoms with Crippen LogP contribution in [0.5, 0.6) is 5.75 Å². The number of anilines is 2. The lowest BCUT2D eigenvalue weighted by Gasteiger charge is -2.38. The normalized spacial score (nSPS) is 19.2. The number of carbonyl (C=O) groups excluding carboxylic acids is 1. The molecular weight excluding hydrogens is 518 g/mol. The van der Waals surface area contributed by atoms with Crippen molar-refractivity contribution in [3.05, 3.63) is 56.8 Å². The Morgan fingerprint density at radius 1 is 1.13 bits per heavy atom. The van der Waals surface area contributed by atoms with Crippen LogP contribution in [0.25, 0.3) is 10.9 Å². The third-order valence-electron chi connectivity index (χ3n) is 8.43. The molecule has 9 nitrogen and oxygen atoms in total. The van der Waals surface area contributed by atoms with Crippen molar-refractivity contribution in [3.8, 4) is 5.75 Å². The number of hydrogen-bond donors (Lipinski definition) is 1. The van der Waals surface area contributed by atoms with Crippen molar-refractivity contribution >= 4 is 40.0 Å². The summed E-state index contributed by atoms with van der Waals surface area (Å²) in [5.74, 6) is 1.28. The lowest BCUT2D eigenvalue weighted by atomic mass is 9.73. The number of rotatable bonds is 6. The first-order chi connectivity index (χ1) is 18.9. The first-order valence-corrected chi connectivity index (χ1v) is 14.0. The Hall–Kier alpha value is -3.14. The molecule has 1 N–H and O–H groups in total. The van der Waals surface area contributed by atoms with E-state index in [2.05, 4.69) is 14.8 Å². The fourth-order valence-electron chi connectivity index (χ4n) is 6.24. The topological polar surface area (TPSA) is 91.0 Å². The largest absolute Gasteiger partial charge is 0.493 e. The predicted octanol–water partition coefficient (Wildman–Crippen LogP) is 3.50. The molecule has 0 radical (unpaired) electrons. The average molecular weight is 552 g/mol. The number of morpholine rings is 1. The number of H-pyrrole nitrogens is 1. The van der Waals surface area contributed by atoms with Gasteiger partial charge >= 0.3 is 0 Å². The Bertz CT molecular complexity index is 1460. The van der Waals surface area contributed by atoms with Gasteiger partial charge in [-0.05, 0) is 43.9 Å². The minimum Gasteiger partial charge on any atom is -0.493 e. The maximum absolute atomic E-state index is 13.7. The average Bonchev–Trinajstić information content (AvgIpc) is 3.14. The zero-order chi connectivity index (χ0) is 27.1. The number of hydrogen-bond acceptors (Lipinski definition) is 7. The Morgan fingerprint density at radius 2 is 1.90 bits per heavy atom. The number of ether oxygens (including phenoxy) is 2. The van der Waals surface area contributed by atoms with Crippen molar-refractivity contribution in [2.45, 2.75) is 31.6 Å². The van der Waals surface area contributed by atoms with Gasteiger partial charge in [0.2, 0.25) is 11.9 Å². The van der Waals surface area contributed by atoms with Gasteiger partial charge in [-0.1, -0.05) is 23.7 Å². The number of fused-ring (bicyclic) bond motifs is 3. The van der Waals surface area contributed by atoms with E-state index in [1.807, 2.05) is 38.2 Å². The van der Waals surface area contributed by atoms with E-state index in [1.54, 1.807) is 11.0 Å². The fraction of sp³-hybridized carbons (Fsp3) is 0.483. The van der Waals surface area contributed by atoms with Gasteiger partial charge in [0.1, 0.15) is 5.75 Å². The predicted molar refractivity (Wildman–Crippen MR) is 152 cm³/mol. The smallest absolute Gasteiger partial charge is 0.260 e. The second-order valence-corrected chi connectivity index (χ2v) is 11.2. The zero-order valence-corrected chi connectivity index (χ0v) is 23.2. The van der Waals surface area contributed by atoms with Crippen LogP contribution in [0.1, 0.15) is 30.4 Å². The van der Waals surface area contributed by atoms with Crippen LogP contribution in [0.15, 0.2) is 35.1 Å². The van der Waals surface area contributed by atoms with E-state index in [4.69, 9.17) is 26.1 Å². The molecule has 39 heavy (non-hydrogen) atoms. The summed E-state index contributed by atoms with van der Waals surface area (Å²) < 4.78 is 11.5. The number of carbonyl (C=O) groups is 1. The van der Waals surface area contributed by atoms with Gasteiger partial charge in [-0.2, -0.15) is 0 Å². The number of aryl methyl sites for hydroxylation is 1. The molecule has 3 aliphatic rings. The van der Waals surface area contributed by atoms with Crippen LogP contribution < -0.4 is 20.1 Å². The van der Waals surface area contributed by atoms with Gasteiger partial charge in [0.15, 0.2) is 0 Å². The SMILES string of the molecule is Cc1cccc2c(=O)[nH]c(N3CCC4(CC3)C(=O)N(C)c3cc(OCCCN5CCOCC5)cc(Cl)c34)nc12. The van der Waals surface area contributed by atoms with Gasteiger partial charge in [-0.25, -0.2) is 4.98 Å². The first-order valence-electron chi connectivity index (χ1n) is 13.7. The molecule has 0 saturated carbocycles. The van der Waals surface area contributed by atoms with Gasteiger partial charge in [0.25, 0.3) is 5.56 Å². The van der Waals surface area contributed by atoms with E-state index in [0.29, 0.717) is 60.2 Å². The monoisotopic (exact) mass is 551 g/mol. The molecule has 3 aliphatic heterocycles. The van der Waals surface area contributed by atoms with Gasteiger partial charge in [0.05, 0.1) is 46.8 Å². The van der Waals surface area contributed by atoms with Crippen LogP contribution in [-0.2, 0) is 14.9 Å². The molecule has 2 saturated heterocycles. The summed E-state index contributed by atoms with van der Waals surface area (Å²) in [4.78, 5) is 40.3. The number of piperidine rings is 1. The highest BCUT2D eigenvalue weighted by atomic mass is 35.5. The molecule has 1 spiro atoms. The minimum absolute atomic E-state index is 0.0549. The summed E-state index contributed by atoms with van der Waals surface area (Å²) in [5.41, 5.74) is 2.52. The Labute approximate surface area is 232 Å². The molecule has 1 amide bonds. The quantitative estimate of drug-likeness (QED) is 0.469. The molecule has 3 aromatic rings. The first kappa shape index (κ1) is 26.1. The number of nitrogens with zero attached hydrogens (tertiary/aromatic N) is 4. The number of amides is 1. The van der Waals surface area contributed by atoms with Crippen LogP contribution in [0, 0.1) is 6.92 Å². The summed E-state index contributed by atoms with van der Waals surface area (Å²) in [6.07, 6.45) is 2.07. The number of benzene rings is 2. The van der Waals surface area contributed by atoms with Crippen molar-refractivity contribution in [2.24, 2.45) is 0 Å². The molecule has 0 aliphatic carbocycles. The highest BCUT2D eigenvalue weighted by Gasteiger charge is 2.52. The number of aromatic amines is 1. The van der Waals surface area contributed by atoms with Crippen molar-refractivity contribution in [2.75, 3.05) is 69.4 Å². The number of para-hydroxylation sites is 1. The highest BCUT2D eigenvalue weighted by Crippen LogP contribution is 2.52. The van der Waals surface area contributed by atoms with Crippen molar-refractivity contribution in [3.63, 3.8) is 0 Å². The lowest BCUT2D eigenvalue weighted by Crippen LogP contribution is -2.48. The van der Waals surface area contributed by atoms with Crippen LogP contribution in [0.2, 0.25) is 5.02 Å². The number of aromatic nitrogens is 2. The standard InChI is InChI=1S/C29H34ClN5O4/c1-19-5-3-6-21-25(19)31-28(32-26(21)36)35-10-7-29(8-11-35)24-22(30)17-20(18-23(24)33(2)27(29)37)39-14-4-9-34-12-15-38-16-13-34/h3,5-6,17-18H,4,7-16H2,1-2H3,(H,31,32,36). The molecular formula is C29H34ClN5O4. The van der Waals surface area contributed by atoms with E-state index in [-0.39, 0.29) is 11.5 Å². The van der Waals surface area contributed by atoms with Gasteiger partial charge in [0, 0.05) is 51.4 Å². The van der Waals surface area contributed by atoms with Crippen LogP contribution in [0.4, 0.5) is 11.6 Å². The van der Waals surface area contributed by atoms with Crippen LogP contribution in [0.3, 0.4) is 0 Å². The molecule has 206 valence electrons. The minimum atomic E-state index is -0.695. The molecule has 6 rings (SSSR count). The number of likely N-dealkylation sites (N-methyl/N-ethyl adjacent to an activating group) is 1. The molecule has 0 atom stereocenters. The van der Waals surface area contributed by atoms with E-state index >= 15 is 0 Å². The summed E-state index contributed by atoms with van der Waals surface area (Å²) in [7, 11) is 1.81. The molecule has 4 heterocycles. The molecule has 0 unspecified atom stereocenters. The second-order valence-electron chi connectivity index (χ2n) is 10.7. The summed E-state index contributed by atoms with van der Waals surface area (Å²) >= 11 is 6.87. The summed E-state index contributed by atoms with van der Waals surface area (Å²) in [6.45, 7) is 8.17. The maximum atomic E-state index is 13.7. The summed E-state index contributed by atoms with van der Waals surface area (Å²) in [6, 6.07) is 9.40. The van der Waals surface area contributed by atoms with Gasteiger partial charge in [-0.3, -0.25) is 19.5 Å². The Balaban J connectivity index is 1.18. The fourth-order valence-corrected chi connectivity index (χ4v) is 6.62. The van der Waals surface area contributed by atoms with Crippen molar-refractivity contribution in [1.82, 2.24) is 14.9 Å². The lowest BCUT2D eigenvalue weighted by molar-refractivity contribution is -0.123. The number of nitrogens with one attached hydrogen (secondary N) is 1. The zero-order valence-electron chi connectivity index (χ0n) is 22.5. The molecule has 2 aromatic carbocycles. The van der Waals surface area contributed by atoms with Crippen LogP contribution >= 0.6 is 11.6 Å². The third kappa shape index (κ3) is 4.66.